The summed E-state index contributed by atoms with van der Waals surface area (Å²) in [7, 11) is -4.39. The minimum absolute atomic E-state index is 0.199. The highest BCUT2D eigenvalue weighted by molar-refractivity contribution is 7.98. The van der Waals surface area contributed by atoms with Crippen LogP contribution in [0.5, 0.6) is 0 Å². The molecule has 0 saturated heterocycles. The number of carbonyl (C=O) groups is 2. The molecule has 1 aromatic rings. The summed E-state index contributed by atoms with van der Waals surface area (Å²) in [4.78, 5) is 22.8. The van der Waals surface area contributed by atoms with E-state index in [-0.39, 0.29) is 17.0 Å². The number of carboxylic acid groups (broad SMARTS) is 1. The highest BCUT2D eigenvalue weighted by atomic mass is 32.2. The minimum atomic E-state index is -4.39. The van der Waals surface area contributed by atoms with Crippen molar-refractivity contribution >= 4 is 39.4 Å². The van der Waals surface area contributed by atoms with Crippen LogP contribution < -0.4 is 10.6 Å². The van der Waals surface area contributed by atoms with Gasteiger partial charge in [-0.25, -0.2) is 4.79 Å². The molecule has 1 atom stereocenters. The van der Waals surface area contributed by atoms with Crippen molar-refractivity contribution < 1.29 is 27.7 Å². The third-order valence-electron chi connectivity index (χ3n) is 3.09. The number of hydrogen-bond acceptors (Lipinski definition) is 7. The molecular weight excluding hydrogens is 382 g/mol. The van der Waals surface area contributed by atoms with Crippen LogP contribution in [0.3, 0.4) is 0 Å². The first-order valence-corrected chi connectivity index (χ1v) is 9.99. The molecule has 0 aliphatic rings. The van der Waals surface area contributed by atoms with Crippen LogP contribution in [0.25, 0.3) is 0 Å². The summed E-state index contributed by atoms with van der Waals surface area (Å²) in [6.45, 7) is 0. The van der Waals surface area contributed by atoms with Gasteiger partial charge < -0.3 is 15.7 Å². The number of carboxylic acids is 1. The van der Waals surface area contributed by atoms with Crippen LogP contribution in [0.4, 0.5) is 5.69 Å². The molecule has 0 saturated carbocycles. The van der Waals surface area contributed by atoms with E-state index >= 15 is 0 Å². The molecule has 0 aromatic heterocycles. The Morgan fingerprint density at radius 3 is 2.65 bits per heavy atom. The number of amides is 1. The van der Waals surface area contributed by atoms with E-state index in [1.165, 1.54) is 30.0 Å². The van der Waals surface area contributed by atoms with Crippen molar-refractivity contribution in [2.24, 2.45) is 0 Å². The number of aliphatic carboxylic acids is 1. The van der Waals surface area contributed by atoms with Gasteiger partial charge in [-0.2, -0.15) is 25.4 Å². The van der Waals surface area contributed by atoms with E-state index < -0.39 is 33.6 Å². The second-order valence-corrected chi connectivity index (χ2v) is 7.37. The Morgan fingerprint density at radius 2 is 2.12 bits per heavy atom. The highest BCUT2D eigenvalue weighted by Gasteiger charge is 2.21. The molecule has 0 aliphatic heterocycles. The van der Waals surface area contributed by atoms with Gasteiger partial charge in [-0.1, -0.05) is 6.07 Å². The molecule has 1 rings (SSSR count). The molecule has 0 heterocycles. The molecule has 0 bridgehead atoms. The number of nitriles is 1. The van der Waals surface area contributed by atoms with Gasteiger partial charge in [0.25, 0.3) is 16.0 Å². The number of rotatable bonds is 9. The van der Waals surface area contributed by atoms with Crippen molar-refractivity contribution in [3.8, 4) is 6.07 Å². The van der Waals surface area contributed by atoms with E-state index in [0.29, 0.717) is 5.75 Å². The number of nitrogens with zero attached hydrogens (tertiary/aromatic N) is 1. The Balaban J connectivity index is 2.89. The molecule has 0 fully saturated rings. The number of benzene rings is 1. The predicted molar refractivity (Wildman–Crippen MR) is 96.1 cm³/mol. The Bertz CT molecular complexity index is 845. The average Bonchev–Trinajstić information content (AvgIpc) is 2.58. The van der Waals surface area contributed by atoms with Crippen molar-refractivity contribution in [1.82, 2.24) is 5.32 Å². The quantitative estimate of drug-likeness (QED) is 0.271. The fourth-order valence-corrected chi connectivity index (χ4v) is 2.78. The van der Waals surface area contributed by atoms with Crippen molar-refractivity contribution in [3.05, 3.63) is 36.0 Å². The molecule has 1 aromatic carbocycles. The monoisotopic (exact) mass is 399 g/mol. The molecule has 1 amide bonds. The second-order valence-electron chi connectivity index (χ2n) is 4.96. The van der Waals surface area contributed by atoms with E-state index in [2.05, 4.69) is 10.6 Å². The standard InChI is InChI=1S/C15H17N3O6S2/c1-25-6-5-13(15(20)21)18-14(19)10(8-16)9-17-11-3-2-4-12(7-11)26(22,23)24/h2-4,7,9,13,17H,5-6H2,1H3,(H,18,19)(H,20,21)(H,22,23,24)/b10-9-. The second kappa shape index (κ2) is 9.81. The Hall–Kier alpha value is -2.55. The maximum atomic E-state index is 12.1. The van der Waals surface area contributed by atoms with Crippen molar-refractivity contribution in [3.63, 3.8) is 0 Å². The van der Waals surface area contributed by atoms with E-state index in [0.717, 1.165) is 12.3 Å². The van der Waals surface area contributed by atoms with E-state index in [1.54, 1.807) is 12.3 Å². The largest absolute Gasteiger partial charge is 0.480 e. The predicted octanol–water partition coefficient (Wildman–Crippen LogP) is 1.08. The highest BCUT2D eigenvalue weighted by Crippen LogP contribution is 2.15. The lowest BCUT2D eigenvalue weighted by Gasteiger charge is -2.13. The lowest BCUT2D eigenvalue weighted by molar-refractivity contribution is -0.141. The van der Waals surface area contributed by atoms with Gasteiger partial charge in [0.05, 0.1) is 4.90 Å². The SMILES string of the molecule is CSCCC(NC(=O)/C(C#N)=C\Nc1cccc(S(=O)(=O)O)c1)C(=O)O. The zero-order valence-corrected chi connectivity index (χ0v) is 15.3. The molecule has 0 spiro atoms. The first-order valence-electron chi connectivity index (χ1n) is 7.16. The Labute approximate surface area is 154 Å². The van der Waals surface area contributed by atoms with Crippen LogP contribution in [0.1, 0.15) is 6.42 Å². The summed E-state index contributed by atoms with van der Waals surface area (Å²) < 4.78 is 31.2. The smallest absolute Gasteiger partial charge is 0.326 e. The van der Waals surface area contributed by atoms with Gasteiger partial charge in [0.15, 0.2) is 0 Å². The van der Waals surface area contributed by atoms with Gasteiger partial charge >= 0.3 is 5.97 Å². The van der Waals surface area contributed by atoms with Crippen molar-refractivity contribution in [2.75, 3.05) is 17.3 Å². The molecule has 9 nitrogen and oxygen atoms in total. The zero-order valence-electron chi connectivity index (χ0n) is 13.7. The van der Waals surface area contributed by atoms with E-state index in [4.69, 9.17) is 14.9 Å². The topological polar surface area (TPSA) is 157 Å². The maximum Gasteiger partial charge on any atom is 0.326 e. The fourth-order valence-electron chi connectivity index (χ4n) is 1.78. The first-order chi connectivity index (χ1) is 12.2. The minimum Gasteiger partial charge on any atom is -0.480 e. The van der Waals surface area contributed by atoms with Crippen molar-refractivity contribution in [1.29, 1.82) is 5.26 Å². The van der Waals surface area contributed by atoms with Crippen LogP contribution >= 0.6 is 11.8 Å². The number of anilines is 1. The third kappa shape index (κ3) is 6.75. The summed E-state index contributed by atoms with van der Waals surface area (Å²) in [6.07, 6.45) is 3.02. The molecular formula is C15H17N3O6S2. The lowest BCUT2D eigenvalue weighted by atomic mass is 10.2. The van der Waals surface area contributed by atoms with E-state index in [1.807, 2.05) is 0 Å². The van der Waals surface area contributed by atoms with Crippen LogP contribution in [-0.2, 0) is 19.7 Å². The summed E-state index contributed by atoms with van der Waals surface area (Å²) in [5, 5.41) is 23.0. The Kier molecular flexibility index (Phi) is 8.11. The molecule has 0 aliphatic carbocycles. The molecule has 0 radical (unpaired) electrons. The van der Waals surface area contributed by atoms with Gasteiger partial charge in [-0.05, 0) is 36.6 Å². The zero-order chi connectivity index (χ0) is 19.7. The fraction of sp³-hybridized carbons (Fsp3) is 0.267. The Morgan fingerprint density at radius 1 is 1.42 bits per heavy atom. The van der Waals surface area contributed by atoms with Gasteiger partial charge in [-0.3, -0.25) is 9.35 Å². The average molecular weight is 399 g/mol. The molecule has 26 heavy (non-hydrogen) atoms. The van der Waals surface area contributed by atoms with Crippen molar-refractivity contribution in [2.45, 2.75) is 17.4 Å². The van der Waals surface area contributed by atoms with Gasteiger partial charge in [0, 0.05) is 11.9 Å². The summed E-state index contributed by atoms with van der Waals surface area (Å²) in [5.74, 6) is -1.57. The van der Waals surface area contributed by atoms with Crippen LogP contribution in [-0.4, -0.2) is 48.0 Å². The van der Waals surface area contributed by atoms with Gasteiger partial charge in [0.1, 0.15) is 17.7 Å². The van der Waals surface area contributed by atoms with Crippen LogP contribution in [0.2, 0.25) is 0 Å². The summed E-state index contributed by atoms with van der Waals surface area (Å²) in [5.41, 5.74) is -0.185. The normalized spacial score (nSPS) is 12.7. The molecule has 1 unspecified atom stereocenters. The van der Waals surface area contributed by atoms with Gasteiger partial charge in [0.2, 0.25) is 0 Å². The molecule has 140 valence electrons. The molecule has 11 heteroatoms. The summed E-state index contributed by atoms with van der Waals surface area (Å²) >= 11 is 1.42. The van der Waals surface area contributed by atoms with E-state index in [9.17, 15) is 18.0 Å². The van der Waals surface area contributed by atoms with Crippen LogP contribution in [0.15, 0.2) is 40.9 Å². The van der Waals surface area contributed by atoms with Crippen LogP contribution in [0, 0.1) is 11.3 Å². The number of thioether (sulfide) groups is 1. The first kappa shape index (κ1) is 21.5. The summed E-state index contributed by atoms with van der Waals surface area (Å²) in [6, 6.07) is 5.60. The maximum absolute atomic E-state index is 12.1. The third-order valence-corrected chi connectivity index (χ3v) is 4.59. The number of nitrogens with one attached hydrogen (secondary N) is 2. The number of hydrogen-bond donors (Lipinski definition) is 4. The lowest BCUT2D eigenvalue weighted by Crippen LogP contribution is -2.41. The van der Waals surface area contributed by atoms with Gasteiger partial charge in [-0.15, -0.1) is 0 Å². The molecule has 4 N–H and O–H groups in total. The number of carbonyl (C=O) groups excluding carboxylic acids is 1.